The highest BCUT2D eigenvalue weighted by molar-refractivity contribution is 5.39. The first kappa shape index (κ1) is 11.3. The average Bonchev–Trinajstić information content (AvgIpc) is 2.18. The molecule has 16 heavy (non-hydrogen) atoms. The van der Waals surface area contributed by atoms with Gasteiger partial charge in [0.2, 0.25) is 0 Å². The Labute approximate surface area is 93.6 Å². The predicted octanol–water partition coefficient (Wildman–Crippen LogP) is 2.79. The molecule has 0 saturated heterocycles. The molecule has 1 aliphatic rings. The molecule has 0 amide bonds. The van der Waals surface area contributed by atoms with Crippen LogP contribution in [0.15, 0.2) is 12.1 Å². The molecule has 0 radical (unpaired) electrons. The number of hydrogen-bond donors (Lipinski definition) is 1. The Morgan fingerprint density at radius 1 is 1.38 bits per heavy atom. The van der Waals surface area contributed by atoms with E-state index in [0.29, 0.717) is 12.2 Å². The molecule has 1 heterocycles. The summed E-state index contributed by atoms with van der Waals surface area (Å²) in [6.07, 6.45) is 0.730. The molecule has 4 heteroatoms. The fourth-order valence-corrected chi connectivity index (χ4v) is 2.00. The first-order chi connectivity index (χ1) is 7.58. The first-order valence-corrected chi connectivity index (χ1v) is 5.45. The SMILES string of the molecule is CC(C)NC1CCOc2c(F)cc(F)cc21. The van der Waals surface area contributed by atoms with Gasteiger partial charge >= 0.3 is 0 Å². The van der Waals surface area contributed by atoms with Gasteiger partial charge in [-0.25, -0.2) is 8.78 Å². The van der Waals surface area contributed by atoms with Crippen LogP contribution in [0.25, 0.3) is 0 Å². The maximum atomic E-state index is 13.5. The van der Waals surface area contributed by atoms with Gasteiger partial charge < -0.3 is 10.1 Å². The van der Waals surface area contributed by atoms with Crippen LogP contribution in [-0.2, 0) is 0 Å². The Morgan fingerprint density at radius 2 is 2.12 bits per heavy atom. The van der Waals surface area contributed by atoms with E-state index >= 15 is 0 Å². The van der Waals surface area contributed by atoms with Crippen LogP contribution >= 0.6 is 0 Å². The van der Waals surface area contributed by atoms with Gasteiger partial charge in [-0.1, -0.05) is 13.8 Å². The average molecular weight is 227 g/mol. The highest BCUT2D eigenvalue weighted by Crippen LogP contribution is 2.35. The molecule has 2 nitrogen and oxygen atoms in total. The third kappa shape index (κ3) is 2.16. The number of halogens is 2. The molecule has 0 spiro atoms. The Morgan fingerprint density at radius 3 is 2.81 bits per heavy atom. The topological polar surface area (TPSA) is 21.3 Å². The quantitative estimate of drug-likeness (QED) is 0.838. The Balaban J connectivity index is 2.37. The van der Waals surface area contributed by atoms with Crippen molar-refractivity contribution in [3.8, 4) is 5.75 Å². The molecule has 1 N–H and O–H groups in total. The summed E-state index contributed by atoms with van der Waals surface area (Å²) in [4.78, 5) is 0. The zero-order valence-corrected chi connectivity index (χ0v) is 9.39. The summed E-state index contributed by atoms with van der Waals surface area (Å²) in [6, 6.07) is 2.44. The van der Waals surface area contributed by atoms with Crippen molar-refractivity contribution in [3.05, 3.63) is 29.3 Å². The number of fused-ring (bicyclic) bond motifs is 1. The molecule has 0 aromatic heterocycles. The van der Waals surface area contributed by atoms with Crippen LogP contribution in [0.5, 0.6) is 5.75 Å². The van der Waals surface area contributed by atoms with Crippen LogP contribution < -0.4 is 10.1 Å². The molecule has 0 aliphatic carbocycles. The number of ether oxygens (including phenoxy) is 1. The van der Waals surface area contributed by atoms with Gasteiger partial charge in [-0.15, -0.1) is 0 Å². The number of benzene rings is 1. The molecule has 88 valence electrons. The largest absolute Gasteiger partial charge is 0.490 e. The molecule has 1 aliphatic heterocycles. The van der Waals surface area contributed by atoms with Gasteiger partial charge in [0, 0.05) is 30.1 Å². The Hall–Kier alpha value is -1.16. The minimum atomic E-state index is -0.620. The van der Waals surface area contributed by atoms with Crippen molar-refractivity contribution in [1.82, 2.24) is 5.32 Å². The van der Waals surface area contributed by atoms with E-state index in [2.05, 4.69) is 5.32 Å². The van der Waals surface area contributed by atoms with Crippen molar-refractivity contribution >= 4 is 0 Å². The fourth-order valence-electron chi connectivity index (χ4n) is 2.00. The minimum absolute atomic E-state index is 0.0334. The number of nitrogens with one attached hydrogen (secondary N) is 1. The maximum absolute atomic E-state index is 13.5. The zero-order chi connectivity index (χ0) is 11.7. The second-order valence-corrected chi connectivity index (χ2v) is 4.32. The minimum Gasteiger partial charge on any atom is -0.490 e. The fraction of sp³-hybridized carbons (Fsp3) is 0.500. The Bertz CT molecular complexity index is 393. The van der Waals surface area contributed by atoms with E-state index in [9.17, 15) is 8.78 Å². The first-order valence-electron chi connectivity index (χ1n) is 5.45. The Kier molecular flexibility index (Phi) is 3.10. The van der Waals surface area contributed by atoms with E-state index in [4.69, 9.17) is 4.74 Å². The van der Waals surface area contributed by atoms with Crippen molar-refractivity contribution in [1.29, 1.82) is 0 Å². The summed E-state index contributed by atoms with van der Waals surface area (Å²) in [6.45, 7) is 4.47. The summed E-state index contributed by atoms with van der Waals surface area (Å²) in [5, 5.41) is 3.28. The zero-order valence-electron chi connectivity index (χ0n) is 9.39. The van der Waals surface area contributed by atoms with E-state index in [1.807, 2.05) is 13.8 Å². The molecule has 2 rings (SSSR count). The molecular weight excluding hydrogens is 212 g/mol. The second-order valence-electron chi connectivity index (χ2n) is 4.32. The predicted molar refractivity (Wildman–Crippen MR) is 57.5 cm³/mol. The van der Waals surface area contributed by atoms with Crippen molar-refractivity contribution in [2.24, 2.45) is 0 Å². The van der Waals surface area contributed by atoms with Gasteiger partial charge in [-0.2, -0.15) is 0 Å². The van der Waals surface area contributed by atoms with Crippen molar-refractivity contribution in [2.45, 2.75) is 32.4 Å². The molecule has 1 atom stereocenters. The van der Waals surface area contributed by atoms with Gasteiger partial charge in [-0.3, -0.25) is 0 Å². The molecule has 0 saturated carbocycles. The molecule has 1 aromatic carbocycles. The third-order valence-electron chi connectivity index (χ3n) is 2.60. The van der Waals surface area contributed by atoms with Crippen LogP contribution in [0.4, 0.5) is 8.78 Å². The van der Waals surface area contributed by atoms with Crippen LogP contribution in [-0.4, -0.2) is 12.6 Å². The van der Waals surface area contributed by atoms with Crippen LogP contribution in [0.2, 0.25) is 0 Å². The summed E-state index contributed by atoms with van der Waals surface area (Å²) >= 11 is 0. The maximum Gasteiger partial charge on any atom is 0.168 e. The lowest BCUT2D eigenvalue weighted by molar-refractivity contribution is 0.235. The van der Waals surface area contributed by atoms with Crippen LogP contribution in [0, 0.1) is 11.6 Å². The number of hydrogen-bond acceptors (Lipinski definition) is 2. The smallest absolute Gasteiger partial charge is 0.168 e. The number of rotatable bonds is 2. The molecule has 1 aromatic rings. The van der Waals surface area contributed by atoms with E-state index in [1.54, 1.807) is 0 Å². The lowest BCUT2D eigenvalue weighted by Gasteiger charge is -2.28. The molecule has 0 fully saturated rings. The standard InChI is InChI=1S/C12H15F2NO/c1-7(2)15-11-3-4-16-12-9(11)5-8(13)6-10(12)14/h5-7,11,15H,3-4H2,1-2H3. The van der Waals surface area contributed by atoms with E-state index in [0.717, 1.165) is 12.5 Å². The second kappa shape index (κ2) is 4.37. The van der Waals surface area contributed by atoms with Crippen molar-refractivity contribution in [3.63, 3.8) is 0 Å². The summed E-state index contributed by atoms with van der Waals surface area (Å²) < 4.78 is 31.8. The highest BCUT2D eigenvalue weighted by Gasteiger charge is 2.25. The summed E-state index contributed by atoms with van der Waals surface area (Å²) in [7, 11) is 0. The van der Waals surface area contributed by atoms with Crippen molar-refractivity contribution < 1.29 is 13.5 Å². The summed E-state index contributed by atoms with van der Waals surface area (Å²) in [5.74, 6) is -0.992. The van der Waals surface area contributed by atoms with Crippen molar-refractivity contribution in [2.75, 3.05) is 6.61 Å². The lowest BCUT2D eigenvalue weighted by atomic mass is 9.99. The van der Waals surface area contributed by atoms with E-state index in [-0.39, 0.29) is 17.8 Å². The van der Waals surface area contributed by atoms with Gasteiger partial charge in [0.25, 0.3) is 0 Å². The van der Waals surface area contributed by atoms with E-state index < -0.39 is 11.6 Å². The molecule has 1 unspecified atom stereocenters. The van der Waals surface area contributed by atoms with Gasteiger partial charge in [-0.05, 0) is 6.07 Å². The normalized spacial score (nSPS) is 19.4. The highest BCUT2D eigenvalue weighted by atomic mass is 19.1. The van der Waals surface area contributed by atoms with Crippen LogP contribution in [0.1, 0.15) is 31.9 Å². The van der Waals surface area contributed by atoms with E-state index in [1.165, 1.54) is 6.07 Å². The monoisotopic (exact) mass is 227 g/mol. The molecule has 0 bridgehead atoms. The summed E-state index contributed by atoms with van der Waals surface area (Å²) in [5.41, 5.74) is 0.581. The van der Waals surface area contributed by atoms with Crippen LogP contribution in [0.3, 0.4) is 0 Å². The van der Waals surface area contributed by atoms with Gasteiger partial charge in [0.05, 0.1) is 6.61 Å². The lowest BCUT2D eigenvalue weighted by Crippen LogP contribution is -2.32. The van der Waals surface area contributed by atoms with Gasteiger partial charge in [0.1, 0.15) is 5.82 Å². The molecular formula is C12H15F2NO. The van der Waals surface area contributed by atoms with Gasteiger partial charge in [0.15, 0.2) is 11.6 Å². The third-order valence-corrected chi connectivity index (χ3v) is 2.60.